The smallest absolute Gasteiger partial charge is 0.106 e. The number of hydrogen-bond acceptors (Lipinski definition) is 3. The Labute approximate surface area is 105 Å². The molecular weight excluding hydrogens is 268 g/mol. The quantitative estimate of drug-likeness (QED) is 0.798. The lowest BCUT2D eigenvalue weighted by molar-refractivity contribution is 0.0388. The summed E-state index contributed by atoms with van der Waals surface area (Å²) in [5, 5.41) is 0. The molecule has 2 rings (SSSR count). The van der Waals surface area contributed by atoms with Crippen molar-refractivity contribution in [1.29, 1.82) is 0 Å². The first-order chi connectivity index (χ1) is 7.78. The van der Waals surface area contributed by atoms with Crippen LogP contribution in [0.3, 0.4) is 0 Å². The molecule has 0 atom stereocenters. The minimum atomic E-state index is 0.458. The minimum absolute atomic E-state index is 0.458. The Morgan fingerprint density at radius 2 is 2.19 bits per heavy atom. The molecule has 1 aromatic heterocycles. The van der Waals surface area contributed by atoms with Gasteiger partial charge in [-0.05, 0) is 40.4 Å². The molecule has 1 aliphatic heterocycles. The first kappa shape index (κ1) is 12.0. The van der Waals surface area contributed by atoms with Crippen LogP contribution in [0, 0.1) is 0 Å². The number of hydrogen-bond donors (Lipinski definition) is 0. The molecule has 0 aliphatic carbocycles. The first-order valence-corrected chi connectivity index (χ1v) is 6.43. The summed E-state index contributed by atoms with van der Waals surface area (Å²) < 4.78 is 6.26. The predicted octanol–water partition coefficient (Wildman–Crippen LogP) is 2.45. The SMILES string of the molecule is COC1CCN(Cc2ccc(Br)nc2)CC1. The fourth-order valence-electron chi connectivity index (χ4n) is 2.06. The second-order valence-electron chi connectivity index (χ2n) is 4.20. The average molecular weight is 285 g/mol. The summed E-state index contributed by atoms with van der Waals surface area (Å²) in [6, 6.07) is 4.12. The molecule has 0 N–H and O–H groups in total. The zero-order valence-electron chi connectivity index (χ0n) is 9.53. The molecule has 4 heteroatoms. The van der Waals surface area contributed by atoms with Gasteiger partial charge in [-0.1, -0.05) is 6.07 Å². The van der Waals surface area contributed by atoms with Crippen LogP contribution in [0.5, 0.6) is 0 Å². The number of nitrogens with zero attached hydrogens (tertiary/aromatic N) is 2. The maximum absolute atomic E-state index is 5.36. The van der Waals surface area contributed by atoms with Crippen molar-refractivity contribution in [3.05, 3.63) is 28.5 Å². The molecule has 2 heterocycles. The Kier molecular flexibility index (Phi) is 4.32. The van der Waals surface area contributed by atoms with Crippen molar-refractivity contribution in [2.75, 3.05) is 20.2 Å². The molecule has 0 saturated carbocycles. The zero-order chi connectivity index (χ0) is 11.4. The van der Waals surface area contributed by atoms with E-state index in [1.165, 1.54) is 5.56 Å². The van der Waals surface area contributed by atoms with Gasteiger partial charge in [-0.25, -0.2) is 4.98 Å². The van der Waals surface area contributed by atoms with E-state index in [2.05, 4.69) is 31.9 Å². The van der Waals surface area contributed by atoms with E-state index in [-0.39, 0.29) is 0 Å². The summed E-state index contributed by atoms with van der Waals surface area (Å²) in [7, 11) is 1.80. The minimum Gasteiger partial charge on any atom is -0.381 e. The zero-order valence-corrected chi connectivity index (χ0v) is 11.1. The number of ether oxygens (including phenoxy) is 1. The summed E-state index contributed by atoms with van der Waals surface area (Å²) in [6.07, 6.45) is 4.67. The maximum Gasteiger partial charge on any atom is 0.106 e. The highest BCUT2D eigenvalue weighted by Crippen LogP contribution is 2.16. The highest BCUT2D eigenvalue weighted by Gasteiger charge is 2.18. The third-order valence-electron chi connectivity index (χ3n) is 3.06. The summed E-state index contributed by atoms with van der Waals surface area (Å²) in [5.41, 5.74) is 1.28. The summed E-state index contributed by atoms with van der Waals surface area (Å²) >= 11 is 3.35. The van der Waals surface area contributed by atoms with E-state index in [9.17, 15) is 0 Å². The van der Waals surface area contributed by atoms with Crippen LogP contribution in [0.4, 0.5) is 0 Å². The fourth-order valence-corrected chi connectivity index (χ4v) is 2.30. The molecule has 0 spiro atoms. The average Bonchev–Trinajstić information content (AvgIpc) is 2.33. The van der Waals surface area contributed by atoms with Crippen LogP contribution in [-0.4, -0.2) is 36.2 Å². The monoisotopic (exact) mass is 284 g/mol. The molecule has 0 amide bonds. The Morgan fingerprint density at radius 3 is 2.75 bits per heavy atom. The van der Waals surface area contributed by atoms with E-state index in [0.717, 1.165) is 37.1 Å². The standard InChI is InChI=1S/C12H17BrN2O/c1-16-11-4-6-15(7-5-11)9-10-2-3-12(13)14-8-10/h2-3,8,11H,4-7,9H2,1H3. The lowest BCUT2D eigenvalue weighted by atomic mass is 10.1. The number of aromatic nitrogens is 1. The van der Waals surface area contributed by atoms with Gasteiger partial charge in [0.1, 0.15) is 4.60 Å². The van der Waals surface area contributed by atoms with Crippen molar-refractivity contribution in [3.8, 4) is 0 Å². The van der Waals surface area contributed by atoms with Gasteiger partial charge in [-0.2, -0.15) is 0 Å². The molecule has 0 aromatic carbocycles. The van der Waals surface area contributed by atoms with Gasteiger partial charge in [0, 0.05) is 32.9 Å². The number of pyridine rings is 1. The molecule has 3 nitrogen and oxygen atoms in total. The van der Waals surface area contributed by atoms with Crippen LogP contribution < -0.4 is 0 Å². The number of likely N-dealkylation sites (tertiary alicyclic amines) is 1. The molecule has 0 bridgehead atoms. The van der Waals surface area contributed by atoms with Crippen molar-refractivity contribution >= 4 is 15.9 Å². The Bertz CT molecular complexity index is 320. The molecule has 0 radical (unpaired) electrons. The van der Waals surface area contributed by atoms with E-state index in [1.54, 1.807) is 7.11 Å². The maximum atomic E-state index is 5.36. The highest BCUT2D eigenvalue weighted by molar-refractivity contribution is 9.10. The largest absolute Gasteiger partial charge is 0.381 e. The van der Waals surface area contributed by atoms with Crippen LogP contribution >= 0.6 is 15.9 Å². The third kappa shape index (κ3) is 3.27. The van der Waals surface area contributed by atoms with Gasteiger partial charge in [0.05, 0.1) is 6.10 Å². The van der Waals surface area contributed by atoms with Crippen LogP contribution in [0.1, 0.15) is 18.4 Å². The molecule has 16 heavy (non-hydrogen) atoms. The topological polar surface area (TPSA) is 25.4 Å². The van der Waals surface area contributed by atoms with Crippen molar-refractivity contribution < 1.29 is 4.74 Å². The van der Waals surface area contributed by atoms with Crippen molar-refractivity contribution in [2.45, 2.75) is 25.5 Å². The van der Waals surface area contributed by atoms with Crippen LogP contribution in [0.2, 0.25) is 0 Å². The molecule has 1 aliphatic rings. The Hall–Kier alpha value is -0.450. The summed E-state index contributed by atoms with van der Waals surface area (Å²) in [4.78, 5) is 6.70. The van der Waals surface area contributed by atoms with Crippen molar-refractivity contribution in [3.63, 3.8) is 0 Å². The van der Waals surface area contributed by atoms with Gasteiger partial charge in [-0.3, -0.25) is 4.90 Å². The van der Waals surface area contributed by atoms with Crippen molar-refractivity contribution in [2.24, 2.45) is 0 Å². The van der Waals surface area contributed by atoms with Gasteiger partial charge in [-0.15, -0.1) is 0 Å². The summed E-state index contributed by atoms with van der Waals surface area (Å²) in [5.74, 6) is 0. The van der Waals surface area contributed by atoms with E-state index >= 15 is 0 Å². The second-order valence-corrected chi connectivity index (χ2v) is 5.01. The number of rotatable bonds is 3. The molecular formula is C12H17BrN2O. The van der Waals surface area contributed by atoms with Gasteiger partial charge in [0.25, 0.3) is 0 Å². The molecule has 0 unspecified atom stereocenters. The highest BCUT2D eigenvalue weighted by atomic mass is 79.9. The van der Waals surface area contributed by atoms with E-state index in [1.807, 2.05) is 12.3 Å². The van der Waals surface area contributed by atoms with Crippen molar-refractivity contribution in [1.82, 2.24) is 9.88 Å². The van der Waals surface area contributed by atoms with E-state index in [0.29, 0.717) is 6.10 Å². The number of halogens is 1. The van der Waals surface area contributed by atoms with Crippen LogP contribution in [0.15, 0.2) is 22.9 Å². The normalized spacial score (nSPS) is 18.9. The fraction of sp³-hybridized carbons (Fsp3) is 0.583. The third-order valence-corrected chi connectivity index (χ3v) is 3.53. The Morgan fingerprint density at radius 1 is 1.44 bits per heavy atom. The predicted molar refractivity (Wildman–Crippen MR) is 67.2 cm³/mol. The lowest BCUT2D eigenvalue weighted by Gasteiger charge is -2.31. The lowest BCUT2D eigenvalue weighted by Crippen LogP contribution is -2.36. The first-order valence-electron chi connectivity index (χ1n) is 5.63. The van der Waals surface area contributed by atoms with Crippen LogP contribution in [-0.2, 0) is 11.3 Å². The Balaban J connectivity index is 1.84. The number of methoxy groups -OCH3 is 1. The van der Waals surface area contributed by atoms with E-state index in [4.69, 9.17) is 4.74 Å². The number of piperidine rings is 1. The van der Waals surface area contributed by atoms with Gasteiger partial charge >= 0.3 is 0 Å². The van der Waals surface area contributed by atoms with Crippen LogP contribution in [0.25, 0.3) is 0 Å². The van der Waals surface area contributed by atoms with Gasteiger partial charge in [0.15, 0.2) is 0 Å². The van der Waals surface area contributed by atoms with Gasteiger partial charge in [0.2, 0.25) is 0 Å². The van der Waals surface area contributed by atoms with E-state index < -0.39 is 0 Å². The summed E-state index contributed by atoms with van der Waals surface area (Å²) in [6.45, 7) is 3.24. The molecule has 1 saturated heterocycles. The molecule has 1 fully saturated rings. The molecule has 1 aromatic rings. The van der Waals surface area contributed by atoms with Gasteiger partial charge < -0.3 is 4.74 Å². The molecule has 88 valence electrons. The second kappa shape index (κ2) is 5.75.